The molecular formula is C18H21F5OS. The Bertz CT molecular complexity index is 693. The maximum atomic E-state index is 12.6. The second-order valence-electron chi connectivity index (χ2n) is 6.00. The van der Waals surface area contributed by atoms with Gasteiger partial charge in [0, 0.05) is 0 Å². The number of aryl methyl sites for hydroxylation is 1. The summed E-state index contributed by atoms with van der Waals surface area (Å²) in [7, 11) is -9.62. The lowest BCUT2D eigenvalue weighted by atomic mass is 10.1. The van der Waals surface area contributed by atoms with Crippen LogP contribution in [0.3, 0.4) is 0 Å². The van der Waals surface area contributed by atoms with E-state index in [4.69, 9.17) is 4.74 Å². The van der Waals surface area contributed by atoms with Gasteiger partial charge in [0.1, 0.15) is 17.3 Å². The third kappa shape index (κ3) is 6.23. The molecule has 0 atom stereocenters. The van der Waals surface area contributed by atoms with Crippen LogP contribution in [0.2, 0.25) is 0 Å². The second kappa shape index (κ2) is 6.52. The van der Waals surface area contributed by atoms with Crippen LogP contribution in [-0.4, -0.2) is 0 Å². The highest BCUT2D eigenvalue weighted by Crippen LogP contribution is 3.02. The molecule has 0 aliphatic heterocycles. The quantitative estimate of drug-likeness (QED) is 0.337. The number of hydrogen-bond acceptors (Lipinski definition) is 1. The lowest BCUT2D eigenvalue weighted by Crippen LogP contribution is -2.05. The van der Waals surface area contributed by atoms with Crippen LogP contribution in [0.25, 0.3) is 0 Å². The Morgan fingerprint density at radius 3 is 1.84 bits per heavy atom. The van der Waals surface area contributed by atoms with E-state index in [1.54, 1.807) is 0 Å². The van der Waals surface area contributed by atoms with Crippen molar-refractivity contribution in [3.8, 4) is 5.75 Å². The van der Waals surface area contributed by atoms with Crippen LogP contribution >= 0.6 is 10.2 Å². The van der Waals surface area contributed by atoms with Gasteiger partial charge in [0.05, 0.1) is 0 Å². The maximum absolute atomic E-state index is 12.6. The van der Waals surface area contributed by atoms with Gasteiger partial charge in [-0.2, -0.15) is 0 Å². The van der Waals surface area contributed by atoms with Crippen LogP contribution in [0.4, 0.5) is 19.4 Å². The molecule has 0 unspecified atom stereocenters. The Morgan fingerprint density at radius 2 is 1.32 bits per heavy atom. The zero-order valence-corrected chi connectivity index (χ0v) is 14.7. The topological polar surface area (TPSA) is 9.23 Å². The molecule has 140 valence electrons. The molecule has 1 nitrogen and oxygen atoms in total. The molecule has 0 heterocycles. The lowest BCUT2D eigenvalue weighted by molar-refractivity contribution is 0.305. The molecule has 0 saturated heterocycles. The number of rotatable bonds is 8. The van der Waals surface area contributed by atoms with Gasteiger partial charge in [0.2, 0.25) is 0 Å². The van der Waals surface area contributed by atoms with E-state index >= 15 is 0 Å². The van der Waals surface area contributed by atoms with Gasteiger partial charge in [-0.05, 0) is 48.2 Å². The average molecular weight is 380 g/mol. The summed E-state index contributed by atoms with van der Waals surface area (Å²) >= 11 is 0. The van der Waals surface area contributed by atoms with Crippen molar-refractivity contribution in [3.05, 3.63) is 59.7 Å². The Morgan fingerprint density at radius 1 is 0.760 bits per heavy atom. The Labute approximate surface area is 144 Å². The summed E-state index contributed by atoms with van der Waals surface area (Å²) in [6, 6.07) is 10.3. The van der Waals surface area contributed by atoms with Crippen molar-refractivity contribution >= 4 is 10.2 Å². The van der Waals surface area contributed by atoms with E-state index in [0.29, 0.717) is 12.1 Å². The second-order valence-corrected chi connectivity index (χ2v) is 8.41. The summed E-state index contributed by atoms with van der Waals surface area (Å²) in [6.07, 6.45) is 4.47. The van der Waals surface area contributed by atoms with E-state index < -0.39 is 15.1 Å². The first-order valence-electron chi connectivity index (χ1n) is 8.03. The molecular weight excluding hydrogens is 359 g/mol. The van der Waals surface area contributed by atoms with Crippen molar-refractivity contribution in [2.75, 3.05) is 0 Å². The van der Waals surface area contributed by atoms with Gasteiger partial charge in [-0.15, -0.1) is 0 Å². The van der Waals surface area contributed by atoms with Crippen LogP contribution in [0.15, 0.2) is 53.4 Å². The first-order valence-corrected chi connectivity index (χ1v) is 9.98. The zero-order valence-electron chi connectivity index (χ0n) is 13.9. The van der Waals surface area contributed by atoms with E-state index in [0.717, 1.165) is 37.0 Å². The molecule has 2 aromatic carbocycles. The largest absolute Gasteiger partial charge is 0.489 e. The minimum absolute atomic E-state index is 0.109. The molecule has 0 saturated carbocycles. The molecule has 0 fully saturated rings. The SMILES string of the molecule is CCCCCc1ccc(COc2ccc(S(F)(F)(F)(F)F)cc2)cc1. The molecule has 25 heavy (non-hydrogen) atoms. The van der Waals surface area contributed by atoms with E-state index in [2.05, 4.69) is 6.92 Å². The van der Waals surface area contributed by atoms with Crippen molar-refractivity contribution in [1.29, 1.82) is 0 Å². The predicted octanol–water partition coefficient (Wildman–Crippen LogP) is 7.66. The van der Waals surface area contributed by atoms with Crippen LogP contribution in [0.5, 0.6) is 5.75 Å². The number of benzene rings is 2. The lowest BCUT2D eigenvalue weighted by Gasteiger charge is -2.40. The molecule has 0 aromatic heterocycles. The van der Waals surface area contributed by atoms with Crippen molar-refractivity contribution in [3.63, 3.8) is 0 Å². The summed E-state index contributed by atoms with van der Waals surface area (Å²) in [5.41, 5.74) is 2.08. The van der Waals surface area contributed by atoms with Gasteiger partial charge in [0.15, 0.2) is 0 Å². The summed E-state index contributed by atoms with van der Waals surface area (Å²) in [5.74, 6) is 0.109. The standard InChI is InChI=1S/C18H21F5OS/c1-2-3-4-5-15-6-8-16(9-7-15)14-24-17-10-12-18(13-11-17)25(19,20,21,22)23/h6-13H,2-5,14H2,1H3. The Kier molecular flexibility index (Phi) is 5.10. The minimum Gasteiger partial charge on any atom is -0.489 e. The molecule has 0 N–H and O–H groups in total. The van der Waals surface area contributed by atoms with E-state index in [-0.39, 0.29) is 12.4 Å². The van der Waals surface area contributed by atoms with Gasteiger partial charge < -0.3 is 4.74 Å². The van der Waals surface area contributed by atoms with Crippen LogP contribution in [-0.2, 0) is 13.0 Å². The normalized spacial score (nSPS) is 14.6. The Hall–Kier alpha value is -1.76. The van der Waals surface area contributed by atoms with Crippen molar-refractivity contribution < 1.29 is 24.2 Å². The third-order valence-electron chi connectivity index (χ3n) is 3.77. The van der Waals surface area contributed by atoms with Gasteiger partial charge >= 0.3 is 10.2 Å². The van der Waals surface area contributed by atoms with Gasteiger partial charge in [0.25, 0.3) is 0 Å². The number of ether oxygens (including phenoxy) is 1. The smallest absolute Gasteiger partial charge is 0.310 e. The summed E-state index contributed by atoms with van der Waals surface area (Å²) in [6.45, 7) is 2.30. The molecule has 0 aliphatic rings. The van der Waals surface area contributed by atoms with Crippen LogP contribution in [0.1, 0.15) is 37.3 Å². The molecule has 0 radical (unpaired) electrons. The molecule has 2 rings (SSSR count). The Balaban J connectivity index is 1.93. The molecule has 0 aliphatic carbocycles. The van der Waals surface area contributed by atoms with Gasteiger partial charge in [-0.1, -0.05) is 63.5 Å². The molecule has 2 aromatic rings. The van der Waals surface area contributed by atoms with E-state index in [1.807, 2.05) is 24.3 Å². The molecule has 7 heteroatoms. The average Bonchev–Trinajstić information content (AvgIpc) is 2.53. The van der Waals surface area contributed by atoms with Gasteiger partial charge in [-0.25, -0.2) is 0 Å². The minimum atomic E-state index is -9.62. The fraction of sp³-hybridized carbons (Fsp3) is 0.333. The first kappa shape index (κ1) is 19.6. The number of hydrogen-bond donors (Lipinski definition) is 0. The van der Waals surface area contributed by atoms with Crippen LogP contribution < -0.4 is 4.74 Å². The predicted molar refractivity (Wildman–Crippen MR) is 91.8 cm³/mol. The highest BCUT2D eigenvalue weighted by Gasteiger charge is 2.65. The van der Waals surface area contributed by atoms with Crippen molar-refractivity contribution in [1.82, 2.24) is 0 Å². The summed E-state index contributed by atoms with van der Waals surface area (Å²) in [4.78, 5) is -1.91. The molecule has 0 bridgehead atoms. The molecule has 0 amide bonds. The fourth-order valence-corrected chi connectivity index (χ4v) is 2.99. The highest BCUT2D eigenvalue weighted by atomic mass is 32.5. The van der Waals surface area contributed by atoms with Crippen molar-refractivity contribution in [2.45, 2.75) is 44.1 Å². The monoisotopic (exact) mass is 380 g/mol. The summed E-state index contributed by atoms with van der Waals surface area (Å²) < 4.78 is 68.6. The fourth-order valence-electron chi connectivity index (χ4n) is 2.34. The van der Waals surface area contributed by atoms with Crippen LogP contribution in [0, 0.1) is 0 Å². The zero-order chi connectivity index (χ0) is 18.6. The number of halogens is 5. The maximum Gasteiger partial charge on any atom is 0.310 e. The van der Waals surface area contributed by atoms with E-state index in [1.165, 1.54) is 12.0 Å². The summed E-state index contributed by atoms with van der Waals surface area (Å²) in [5, 5.41) is 0. The highest BCUT2D eigenvalue weighted by molar-refractivity contribution is 8.45. The van der Waals surface area contributed by atoms with Gasteiger partial charge in [-0.3, -0.25) is 0 Å². The first-order chi connectivity index (χ1) is 11.5. The molecule has 0 spiro atoms. The van der Waals surface area contributed by atoms with Crippen molar-refractivity contribution in [2.24, 2.45) is 0 Å². The third-order valence-corrected chi connectivity index (χ3v) is 4.93. The number of unbranched alkanes of at least 4 members (excludes halogenated alkanes) is 2. The van der Waals surface area contributed by atoms with E-state index in [9.17, 15) is 19.4 Å².